The number of esters is 1. The first-order chi connectivity index (χ1) is 12.5. The van der Waals surface area contributed by atoms with Gasteiger partial charge in [-0.1, -0.05) is 12.1 Å². The minimum atomic E-state index is -0.592. The fourth-order valence-corrected chi connectivity index (χ4v) is 3.09. The molecular formula is C18H21N3O5. The van der Waals surface area contributed by atoms with Gasteiger partial charge in [0.2, 0.25) is 0 Å². The second-order valence-electron chi connectivity index (χ2n) is 6.09. The Bertz CT molecular complexity index is 751. The highest BCUT2D eigenvalue weighted by atomic mass is 16.5. The molecule has 0 aliphatic carbocycles. The molecule has 1 atom stereocenters. The number of nitrogens with one attached hydrogen (secondary N) is 2. The molecule has 1 aromatic rings. The molecule has 3 amide bonds. The number of nitrogens with zero attached hydrogens (tertiary/aromatic N) is 1. The predicted molar refractivity (Wildman–Crippen MR) is 92.3 cm³/mol. The summed E-state index contributed by atoms with van der Waals surface area (Å²) in [6.07, 6.45) is 0. The number of hydrogen-bond acceptors (Lipinski definition) is 5. The predicted octanol–water partition coefficient (Wildman–Crippen LogP) is 0.960. The first-order valence-electron chi connectivity index (χ1n) is 8.35. The van der Waals surface area contributed by atoms with Crippen LogP contribution in [0.4, 0.5) is 4.79 Å². The second-order valence-corrected chi connectivity index (χ2v) is 6.09. The number of ether oxygens (including phenoxy) is 2. The van der Waals surface area contributed by atoms with Crippen molar-refractivity contribution in [1.82, 2.24) is 15.5 Å². The third-order valence-electron chi connectivity index (χ3n) is 4.46. The van der Waals surface area contributed by atoms with E-state index >= 15 is 0 Å². The summed E-state index contributed by atoms with van der Waals surface area (Å²) in [5, 5.41) is 5.46. The van der Waals surface area contributed by atoms with E-state index in [4.69, 9.17) is 9.47 Å². The van der Waals surface area contributed by atoms with E-state index in [2.05, 4.69) is 10.6 Å². The van der Waals surface area contributed by atoms with Gasteiger partial charge in [-0.3, -0.25) is 4.79 Å². The van der Waals surface area contributed by atoms with E-state index in [1.165, 1.54) is 7.11 Å². The molecule has 1 fully saturated rings. The van der Waals surface area contributed by atoms with E-state index < -0.39 is 12.0 Å². The zero-order chi connectivity index (χ0) is 18.7. The molecule has 0 bridgehead atoms. The summed E-state index contributed by atoms with van der Waals surface area (Å²) < 4.78 is 9.99. The van der Waals surface area contributed by atoms with E-state index in [1.807, 2.05) is 0 Å². The Balaban J connectivity index is 1.92. The highest BCUT2D eigenvalue weighted by molar-refractivity contribution is 5.98. The largest absolute Gasteiger partial charge is 0.465 e. The van der Waals surface area contributed by atoms with Crippen LogP contribution >= 0.6 is 0 Å². The van der Waals surface area contributed by atoms with Gasteiger partial charge >= 0.3 is 12.0 Å². The third-order valence-corrected chi connectivity index (χ3v) is 4.46. The van der Waals surface area contributed by atoms with E-state index in [1.54, 1.807) is 36.1 Å². The normalized spacial score (nSPS) is 20.3. The summed E-state index contributed by atoms with van der Waals surface area (Å²) in [5.74, 6) is -0.581. The van der Waals surface area contributed by atoms with Crippen molar-refractivity contribution in [3.8, 4) is 0 Å². The highest BCUT2D eigenvalue weighted by Crippen LogP contribution is 2.28. The lowest BCUT2D eigenvalue weighted by molar-refractivity contribution is -0.131. The smallest absolute Gasteiger partial charge is 0.337 e. The average Bonchev–Trinajstić information content (AvgIpc) is 2.67. The van der Waals surface area contributed by atoms with Crippen LogP contribution in [-0.4, -0.2) is 56.2 Å². The molecule has 1 saturated heterocycles. The van der Waals surface area contributed by atoms with Gasteiger partial charge in [-0.2, -0.15) is 0 Å². The maximum Gasteiger partial charge on any atom is 0.337 e. The van der Waals surface area contributed by atoms with Gasteiger partial charge in [-0.25, -0.2) is 9.59 Å². The minimum Gasteiger partial charge on any atom is -0.465 e. The maximum atomic E-state index is 13.0. The molecular weight excluding hydrogens is 338 g/mol. The first-order valence-corrected chi connectivity index (χ1v) is 8.35. The average molecular weight is 359 g/mol. The lowest BCUT2D eigenvalue weighted by atomic mass is 9.93. The number of hydrogen-bond donors (Lipinski definition) is 2. The summed E-state index contributed by atoms with van der Waals surface area (Å²) in [4.78, 5) is 38.3. The second kappa shape index (κ2) is 7.57. The van der Waals surface area contributed by atoms with Crippen LogP contribution in [0.2, 0.25) is 0 Å². The van der Waals surface area contributed by atoms with Crippen LogP contribution in [0.3, 0.4) is 0 Å². The molecule has 2 heterocycles. The summed E-state index contributed by atoms with van der Waals surface area (Å²) in [6, 6.07) is 5.68. The van der Waals surface area contributed by atoms with Gasteiger partial charge in [0, 0.05) is 18.8 Å². The Hall–Kier alpha value is -2.87. The van der Waals surface area contributed by atoms with Gasteiger partial charge in [0.05, 0.1) is 37.5 Å². The fraction of sp³-hybridized carbons (Fsp3) is 0.389. The van der Waals surface area contributed by atoms with Gasteiger partial charge in [0.1, 0.15) is 0 Å². The van der Waals surface area contributed by atoms with Crippen LogP contribution in [0.5, 0.6) is 0 Å². The lowest BCUT2D eigenvalue weighted by Gasteiger charge is -2.34. The Morgan fingerprint density at radius 1 is 1.19 bits per heavy atom. The molecule has 0 radical (unpaired) electrons. The number of rotatable bonds is 3. The number of carbonyl (C=O) groups is 3. The minimum absolute atomic E-state index is 0.139. The number of methoxy groups -OCH3 is 1. The maximum absolute atomic E-state index is 13.0. The molecule has 2 N–H and O–H groups in total. The van der Waals surface area contributed by atoms with Crippen LogP contribution in [0, 0.1) is 0 Å². The molecule has 2 aliphatic heterocycles. The Morgan fingerprint density at radius 3 is 2.46 bits per heavy atom. The van der Waals surface area contributed by atoms with Crippen molar-refractivity contribution in [2.75, 3.05) is 33.4 Å². The van der Waals surface area contributed by atoms with Crippen LogP contribution in [0.1, 0.15) is 28.9 Å². The third kappa shape index (κ3) is 3.55. The topological polar surface area (TPSA) is 97.0 Å². The van der Waals surface area contributed by atoms with Gasteiger partial charge in [0.25, 0.3) is 5.91 Å². The Labute approximate surface area is 151 Å². The van der Waals surface area contributed by atoms with Crippen molar-refractivity contribution in [1.29, 1.82) is 0 Å². The lowest BCUT2D eigenvalue weighted by Crippen LogP contribution is -2.49. The quantitative estimate of drug-likeness (QED) is 0.784. The summed E-state index contributed by atoms with van der Waals surface area (Å²) in [6.45, 7) is 3.73. The molecule has 8 nitrogen and oxygen atoms in total. The zero-order valence-electron chi connectivity index (χ0n) is 14.7. The van der Waals surface area contributed by atoms with E-state index in [9.17, 15) is 14.4 Å². The van der Waals surface area contributed by atoms with Crippen LogP contribution in [0.15, 0.2) is 35.5 Å². The molecule has 26 heavy (non-hydrogen) atoms. The number of allylic oxidation sites excluding steroid dienone is 1. The van der Waals surface area contributed by atoms with Crippen LogP contribution < -0.4 is 10.6 Å². The van der Waals surface area contributed by atoms with Gasteiger partial charge in [-0.15, -0.1) is 0 Å². The summed E-state index contributed by atoms with van der Waals surface area (Å²) in [5.41, 5.74) is 2.12. The summed E-state index contributed by atoms with van der Waals surface area (Å²) in [7, 11) is 1.31. The van der Waals surface area contributed by atoms with Crippen molar-refractivity contribution in [3.63, 3.8) is 0 Å². The van der Waals surface area contributed by atoms with Crippen molar-refractivity contribution in [3.05, 3.63) is 46.7 Å². The number of morpholine rings is 1. The van der Waals surface area contributed by atoms with E-state index in [-0.39, 0.29) is 11.9 Å². The fourth-order valence-electron chi connectivity index (χ4n) is 3.09. The molecule has 8 heteroatoms. The number of carbonyl (C=O) groups excluding carboxylic acids is 3. The van der Waals surface area contributed by atoms with Crippen LogP contribution in [0.25, 0.3) is 0 Å². The molecule has 0 aromatic heterocycles. The Kier molecular flexibility index (Phi) is 5.22. The van der Waals surface area contributed by atoms with Gasteiger partial charge in [-0.05, 0) is 24.6 Å². The SMILES string of the molecule is COC(=O)c1ccc([C@@H]2NC(=O)NC(C)=C2C(=O)N2CCOCC2)cc1. The molecule has 2 aliphatic rings. The number of benzene rings is 1. The molecule has 3 rings (SSSR count). The van der Waals surface area contributed by atoms with Crippen molar-refractivity contribution in [2.45, 2.75) is 13.0 Å². The standard InChI is InChI=1S/C18H21N3O5/c1-11-14(16(22)21-7-9-26-10-8-21)15(20-18(24)19-11)12-3-5-13(6-4-12)17(23)25-2/h3-6,15H,7-10H2,1-2H3,(H2,19,20,24)/t15-/m0/s1. The first kappa shape index (κ1) is 17.9. The monoisotopic (exact) mass is 359 g/mol. The molecule has 0 unspecified atom stereocenters. The highest BCUT2D eigenvalue weighted by Gasteiger charge is 2.34. The molecule has 0 saturated carbocycles. The van der Waals surface area contributed by atoms with Gasteiger partial charge in [0.15, 0.2) is 0 Å². The van der Waals surface area contributed by atoms with E-state index in [0.29, 0.717) is 48.7 Å². The molecule has 1 aromatic carbocycles. The van der Waals surface area contributed by atoms with E-state index in [0.717, 1.165) is 0 Å². The number of urea groups is 1. The molecule has 0 spiro atoms. The van der Waals surface area contributed by atoms with Crippen molar-refractivity contribution >= 4 is 17.9 Å². The van der Waals surface area contributed by atoms with Crippen molar-refractivity contribution in [2.24, 2.45) is 0 Å². The summed E-state index contributed by atoms with van der Waals surface area (Å²) >= 11 is 0. The Morgan fingerprint density at radius 2 is 1.85 bits per heavy atom. The number of amides is 3. The zero-order valence-corrected chi connectivity index (χ0v) is 14.7. The molecule has 138 valence electrons. The van der Waals surface area contributed by atoms with Crippen molar-refractivity contribution < 1.29 is 23.9 Å². The van der Waals surface area contributed by atoms with Gasteiger partial charge < -0.3 is 25.0 Å². The van der Waals surface area contributed by atoms with Crippen LogP contribution in [-0.2, 0) is 14.3 Å².